The van der Waals surface area contributed by atoms with Crippen LogP contribution in [0.5, 0.6) is 0 Å². The summed E-state index contributed by atoms with van der Waals surface area (Å²) in [6.45, 7) is 1.86. The molecule has 0 saturated carbocycles. The second-order valence-corrected chi connectivity index (χ2v) is 7.17. The van der Waals surface area contributed by atoms with Crippen LogP contribution < -0.4 is 10.6 Å². The van der Waals surface area contributed by atoms with Gasteiger partial charge in [0.1, 0.15) is 0 Å². The summed E-state index contributed by atoms with van der Waals surface area (Å²) in [7, 11) is 0. The molecule has 8 nitrogen and oxygen atoms in total. The van der Waals surface area contributed by atoms with E-state index >= 15 is 0 Å². The van der Waals surface area contributed by atoms with E-state index in [2.05, 4.69) is 21.8 Å². The van der Waals surface area contributed by atoms with E-state index in [1.165, 1.54) is 18.4 Å². The van der Waals surface area contributed by atoms with Crippen molar-refractivity contribution in [2.75, 3.05) is 13.2 Å². The molecule has 0 radical (unpaired) electrons. The number of carbonyl (C=O) groups is 3. The van der Waals surface area contributed by atoms with Gasteiger partial charge in [-0.25, -0.2) is 14.3 Å². The van der Waals surface area contributed by atoms with E-state index in [1.807, 2.05) is 13.0 Å². The van der Waals surface area contributed by atoms with E-state index in [9.17, 15) is 14.4 Å². The highest BCUT2D eigenvalue weighted by molar-refractivity contribution is 5.97. The monoisotopic (exact) mass is 410 g/mol. The number of nitrogens with zero attached hydrogens (tertiary/aromatic N) is 2. The number of hydrogen-bond acceptors (Lipinski definition) is 5. The van der Waals surface area contributed by atoms with Crippen LogP contribution in [0, 0.1) is 6.92 Å². The van der Waals surface area contributed by atoms with E-state index in [4.69, 9.17) is 4.74 Å². The maximum atomic E-state index is 12.1. The van der Waals surface area contributed by atoms with Gasteiger partial charge >= 0.3 is 12.0 Å². The van der Waals surface area contributed by atoms with Gasteiger partial charge in [-0.2, -0.15) is 5.10 Å². The summed E-state index contributed by atoms with van der Waals surface area (Å²) in [6.07, 6.45) is 9.27. The smallest absolute Gasteiger partial charge is 0.338 e. The number of esters is 1. The van der Waals surface area contributed by atoms with Crippen LogP contribution in [0.4, 0.5) is 4.79 Å². The van der Waals surface area contributed by atoms with Crippen LogP contribution in [-0.4, -0.2) is 40.8 Å². The zero-order valence-electron chi connectivity index (χ0n) is 17.0. The summed E-state index contributed by atoms with van der Waals surface area (Å²) < 4.78 is 6.72. The van der Waals surface area contributed by atoms with Crippen molar-refractivity contribution in [3.8, 4) is 5.69 Å². The average molecular weight is 410 g/mol. The van der Waals surface area contributed by atoms with Crippen LogP contribution in [0.25, 0.3) is 5.69 Å². The van der Waals surface area contributed by atoms with Crippen LogP contribution in [0.2, 0.25) is 0 Å². The molecule has 1 aliphatic rings. The molecule has 0 bridgehead atoms. The third-order valence-corrected chi connectivity index (χ3v) is 4.88. The molecule has 0 spiro atoms. The normalized spacial score (nSPS) is 13.3. The molecule has 2 N–H and O–H groups in total. The lowest BCUT2D eigenvalue weighted by Gasteiger charge is -2.13. The second-order valence-electron chi connectivity index (χ2n) is 7.17. The summed E-state index contributed by atoms with van der Waals surface area (Å²) in [5.74, 6) is -1.32. The lowest BCUT2D eigenvalue weighted by Crippen LogP contribution is -2.41. The number of nitrogens with one attached hydrogen (secondary N) is 2. The number of ether oxygens (including phenoxy) is 1. The first kappa shape index (κ1) is 21.3. The Morgan fingerprint density at radius 2 is 1.93 bits per heavy atom. The number of aromatic nitrogens is 2. The number of allylic oxidation sites excluding steroid dienone is 1. The number of amides is 3. The van der Waals surface area contributed by atoms with Gasteiger partial charge in [-0.3, -0.25) is 10.1 Å². The van der Waals surface area contributed by atoms with E-state index in [0.717, 1.165) is 30.6 Å². The van der Waals surface area contributed by atoms with Crippen molar-refractivity contribution < 1.29 is 19.1 Å². The molecule has 1 aromatic heterocycles. The minimum atomic E-state index is -0.679. The Morgan fingerprint density at radius 3 is 2.60 bits per heavy atom. The van der Waals surface area contributed by atoms with Crippen LogP contribution in [0.1, 0.15) is 48.2 Å². The van der Waals surface area contributed by atoms with Crippen molar-refractivity contribution in [1.82, 2.24) is 20.4 Å². The molecular formula is C22H26N4O4. The first-order valence-electron chi connectivity index (χ1n) is 10.1. The summed E-state index contributed by atoms with van der Waals surface area (Å²) in [5.41, 5.74) is 3.43. The molecule has 1 aliphatic carbocycles. The second kappa shape index (κ2) is 10.4. The van der Waals surface area contributed by atoms with E-state index < -0.39 is 24.5 Å². The highest BCUT2D eigenvalue weighted by atomic mass is 16.5. The SMILES string of the molecule is Cc1ccnn1-c1ccc(C(=O)OCC(=O)NC(=O)NCCC2=CCCCC2)cc1. The highest BCUT2D eigenvalue weighted by Gasteiger charge is 2.13. The molecule has 0 fully saturated rings. The van der Waals surface area contributed by atoms with Gasteiger partial charge in [-0.1, -0.05) is 11.6 Å². The predicted octanol–water partition coefficient (Wildman–Crippen LogP) is 3.05. The molecule has 8 heteroatoms. The molecule has 0 unspecified atom stereocenters. The van der Waals surface area contributed by atoms with Crippen molar-refractivity contribution in [2.45, 2.75) is 39.0 Å². The standard InChI is InChI=1S/C22H26N4O4/c1-16-11-14-24-26(16)19-9-7-18(8-10-19)21(28)30-15-20(27)25-22(29)23-13-12-17-5-3-2-4-6-17/h5,7-11,14H,2-4,6,12-13,15H2,1H3,(H2,23,25,27,29). The largest absolute Gasteiger partial charge is 0.452 e. The fourth-order valence-corrected chi connectivity index (χ4v) is 3.27. The van der Waals surface area contributed by atoms with Crippen LogP contribution in [0.3, 0.4) is 0 Å². The van der Waals surface area contributed by atoms with Gasteiger partial charge in [0.15, 0.2) is 6.61 Å². The minimum Gasteiger partial charge on any atom is -0.452 e. The van der Waals surface area contributed by atoms with E-state index in [0.29, 0.717) is 12.1 Å². The molecule has 0 saturated heterocycles. The molecular weight excluding hydrogens is 384 g/mol. The van der Waals surface area contributed by atoms with E-state index in [1.54, 1.807) is 35.1 Å². The van der Waals surface area contributed by atoms with Gasteiger partial charge in [0.25, 0.3) is 5.91 Å². The maximum absolute atomic E-state index is 12.1. The molecule has 2 aromatic rings. The number of rotatable bonds is 7. The summed E-state index contributed by atoms with van der Waals surface area (Å²) >= 11 is 0. The van der Waals surface area contributed by atoms with Gasteiger partial charge in [-0.05, 0) is 69.4 Å². The summed E-state index contributed by atoms with van der Waals surface area (Å²) in [5, 5.41) is 9.01. The van der Waals surface area contributed by atoms with Crippen LogP contribution >= 0.6 is 0 Å². The zero-order chi connectivity index (χ0) is 21.3. The lowest BCUT2D eigenvalue weighted by molar-refractivity contribution is -0.123. The number of imide groups is 1. The highest BCUT2D eigenvalue weighted by Crippen LogP contribution is 2.19. The Balaban J connectivity index is 1.38. The van der Waals surface area contributed by atoms with E-state index in [-0.39, 0.29) is 0 Å². The zero-order valence-corrected chi connectivity index (χ0v) is 17.0. The van der Waals surface area contributed by atoms with Gasteiger partial charge in [0.2, 0.25) is 0 Å². The Bertz CT molecular complexity index is 931. The van der Waals surface area contributed by atoms with Gasteiger partial charge in [-0.15, -0.1) is 0 Å². The summed E-state index contributed by atoms with van der Waals surface area (Å²) in [4.78, 5) is 35.7. The van der Waals surface area contributed by atoms with Gasteiger partial charge < -0.3 is 10.1 Å². The number of carbonyl (C=O) groups excluding carboxylic acids is 3. The molecule has 1 aromatic carbocycles. The van der Waals surface area contributed by atoms with Crippen molar-refractivity contribution in [1.29, 1.82) is 0 Å². The molecule has 3 rings (SSSR count). The molecule has 158 valence electrons. The van der Waals surface area contributed by atoms with Crippen molar-refractivity contribution in [3.63, 3.8) is 0 Å². The molecule has 3 amide bonds. The third kappa shape index (κ3) is 6.04. The van der Waals surface area contributed by atoms with Gasteiger partial charge in [0, 0.05) is 18.4 Å². The van der Waals surface area contributed by atoms with Crippen molar-refractivity contribution in [2.24, 2.45) is 0 Å². The number of benzene rings is 1. The Kier molecular flexibility index (Phi) is 7.37. The maximum Gasteiger partial charge on any atom is 0.338 e. The summed E-state index contributed by atoms with van der Waals surface area (Å²) in [6, 6.07) is 7.97. The molecule has 0 atom stereocenters. The first-order chi connectivity index (χ1) is 14.5. The molecule has 1 heterocycles. The lowest BCUT2D eigenvalue weighted by atomic mass is 9.97. The minimum absolute atomic E-state index is 0.307. The first-order valence-corrected chi connectivity index (χ1v) is 10.1. The van der Waals surface area contributed by atoms with Crippen LogP contribution in [-0.2, 0) is 9.53 Å². The topological polar surface area (TPSA) is 102 Å². The van der Waals surface area contributed by atoms with Gasteiger partial charge in [0.05, 0.1) is 11.3 Å². The Morgan fingerprint density at radius 1 is 1.13 bits per heavy atom. The van der Waals surface area contributed by atoms with Crippen LogP contribution in [0.15, 0.2) is 48.2 Å². The fraction of sp³-hybridized carbons (Fsp3) is 0.364. The predicted molar refractivity (Wildman–Crippen MR) is 111 cm³/mol. The average Bonchev–Trinajstić information content (AvgIpc) is 3.18. The molecule has 0 aliphatic heterocycles. The quantitative estimate of drug-likeness (QED) is 0.540. The number of urea groups is 1. The Hall–Kier alpha value is -3.42. The van der Waals surface area contributed by atoms with Crippen molar-refractivity contribution in [3.05, 3.63) is 59.4 Å². The number of aryl methyl sites for hydroxylation is 1. The number of hydrogen-bond donors (Lipinski definition) is 2. The third-order valence-electron chi connectivity index (χ3n) is 4.88. The Labute approximate surface area is 175 Å². The molecule has 30 heavy (non-hydrogen) atoms. The fourth-order valence-electron chi connectivity index (χ4n) is 3.27. The van der Waals surface area contributed by atoms with Crippen molar-refractivity contribution >= 4 is 17.9 Å².